The number of carboxylic acid groups (broad SMARTS) is 1. The van der Waals surface area contributed by atoms with E-state index in [0.717, 1.165) is 5.56 Å². The van der Waals surface area contributed by atoms with Crippen LogP contribution in [0.25, 0.3) is 0 Å². The lowest BCUT2D eigenvalue weighted by atomic mass is 9.86. The predicted molar refractivity (Wildman–Crippen MR) is 111 cm³/mol. The minimum atomic E-state index is -1.38. The first-order valence-corrected chi connectivity index (χ1v) is 10.1. The Labute approximate surface area is 179 Å². The monoisotopic (exact) mass is 426 g/mol. The molecular formula is C23H23FN2O5. The van der Waals surface area contributed by atoms with Crippen molar-refractivity contribution in [2.75, 3.05) is 13.7 Å². The number of likely N-dealkylation sites (tertiary alicyclic amines) is 1. The largest absolute Gasteiger partial charge is 0.497 e. The van der Waals surface area contributed by atoms with Crippen LogP contribution in [0.3, 0.4) is 0 Å². The van der Waals surface area contributed by atoms with Crippen molar-refractivity contribution in [1.82, 2.24) is 4.90 Å². The Bertz CT molecular complexity index is 1020. The topological polar surface area (TPSA) is 88.4 Å². The van der Waals surface area contributed by atoms with Gasteiger partial charge >= 0.3 is 5.97 Å². The molecule has 4 rings (SSSR count). The Balaban J connectivity index is 1.53. The molecule has 2 aromatic carbocycles. The van der Waals surface area contributed by atoms with Crippen LogP contribution in [-0.4, -0.2) is 52.9 Å². The van der Waals surface area contributed by atoms with Crippen LogP contribution in [0.4, 0.5) is 4.39 Å². The first-order valence-electron chi connectivity index (χ1n) is 10.1. The summed E-state index contributed by atoms with van der Waals surface area (Å²) in [6.07, 6.45) is 0.938. The summed E-state index contributed by atoms with van der Waals surface area (Å²) >= 11 is 0. The minimum Gasteiger partial charge on any atom is -0.497 e. The Morgan fingerprint density at radius 1 is 1.29 bits per heavy atom. The highest BCUT2D eigenvalue weighted by molar-refractivity contribution is 6.01. The smallest absolute Gasteiger partial charge is 0.329 e. The van der Waals surface area contributed by atoms with Crippen molar-refractivity contribution in [1.29, 1.82) is 0 Å². The maximum atomic E-state index is 13.2. The molecule has 31 heavy (non-hydrogen) atoms. The van der Waals surface area contributed by atoms with Gasteiger partial charge in [0.05, 0.1) is 12.8 Å². The average Bonchev–Trinajstić information content (AvgIpc) is 3.42. The van der Waals surface area contributed by atoms with E-state index in [1.807, 2.05) is 0 Å². The molecule has 1 amide bonds. The third-order valence-corrected chi connectivity index (χ3v) is 5.92. The summed E-state index contributed by atoms with van der Waals surface area (Å²) in [5.41, 5.74) is 0.360. The zero-order valence-corrected chi connectivity index (χ0v) is 17.1. The summed E-state index contributed by atoms with van der Waals surface area (Å²) in [7, 11) is 1.51. The normalized spacial score (nSPS) is 22.7. The molecule has 2 aromatic rings. The van der Waals surface area contributed by atoms with E-state index in [1.165, 1.54) is 24.1 Å². The lowest BCUT2D eigenvalue weighted by Gasteiger charge is -2.36. The highest BCUT2D eigenvalue weighted by atomic mass is 19.1. The van der Waals surface area contributed by atoms with Crippen LogP contribution < -0.4 is 4.74 Å². The number of carboxylic acids is 1. The van der Waals surface area contributed by atoms with E-state index >= 15 is 0 Å². The van der Waals surface area contributed by atoms with Crippen molar-refractivity contribution in [2.24, 2.45) is 5.16 Å². The van der Waals surface area contributed by atoms with E-state index in [2.05, 4.69) is 5.16 Å². The molecule has 162 valence electrons. The maximum absolute atomic E-state index is 13.2. The summed E-state index contributed by atoms with van der Waals surface area (Å²) in [6, 6.07) is 12.6. The van der Waals surface area contributed by atoms with Crippen molar-refractivity contribution >= 4 is 17.6 Å². The van der Waals surface area contributed by atoms with Crippen molar-refractivity contribution in [3.05, 3.63) is 65.5 Å². The number of rotatable bonds is 6. The molecule has 7 nitrogen and oxygen atoms in total. The number of carbonyl (C=O) groups excluding carboxylic acids is 1. The fraction of sp³-hybridized carbons (Fsp3) is 0.348. The minimum absolute atomic E-state index is 0.117. The Hall–Kier alpha value is -3.42. The SMILES string of the molecule is COc1cccc(C(=O)N2CCC[C@]2(C[C@H]2CC(c3ccc(F)cc3)=NO2)C(=O)O)c1. The standard InChI is InChI=1S/C23H23FN2O5/c1-30-18-5-2-4-16(12-18)21(27)26-11-3-10-23(26,22(28)29)14-19-13-20(25-31-19)15-6-8-17(24)9-7-15/h2,4-9,12,19H,3,10-11,13-14H2,1H3,(H,28,29)/t19-,23+/m1/s1. The molecule has 0 bridgehead atoms. The zero-order valence-electron chi connectivity index (χ0n) is 17.1. The molecule has 2 atom stereocenters. The number of hydrogen-bond acceptors (Lipinski definition) is 5. The number of aliphatic carboxylic acids is 1. The molecule has 0 spiro atoms. The van der Waals surface area contributed by atoms with Crippen molar-refractivity contribution in [2.45, 2.75) is 37.3 Å². The number of hydrogen-bond donors (Lipinski definition) is 1. The van der Waals surface area contributed by atoms with Gasteiger partial charge in [-0.25, -0.2) is 9.18 Å². The van der Waals surface area contributed by atoms with Crippen LogP contribution in [0.1, 0.15) is 41.6 Å². The molecule has 2 heterocycles. The van der Waals surface area contributed by atoms with Gasteiger partial charge in [-0.1, -0.05) is 23.4 Å². The Kier molecular flexibility index (Phi) is 5.63. The van der Waals surface area contributed by atoms with E-state index < -0.39 is 17.6 Å². The van der Waals surface area contributed by atoms with E-state index in [9.17, 15) is 19.1 Å². The molecule has 0 aliphatic carbocycles. The molecule has 0 saturated carbocycles. The molecule has 1 fully saturated rings. The van der Waals surface area contributed by atoms with Gasteiger partial charge in [0.15, 0.2) is 0 Å². The number of halogens is 1. The van der Waals surface area contributed by atoms with E-state index in [0.29, 0.717) is 42.8 Å². The number of nitrogens with zero attached hydrogens (tertiary/aromatic N) is 2. The summed E-state index contributed by atoms with van der Waals surface area (Å²) in [4.78, 5) is 32.6. The lowest BCUT2D eigenvalue weighted by molar-refractivity contribution is -0.150. The van der Waals surface area contributed by atoms with Gasteiger partial charge in [0.2, 0.25) is 0 Å². The number of carbonyl (C=O) groups is 2. The molecule has 0 radical (unpaired) electrons. The Morgan fingerprint density at radius 3 is 2.77 bits per heavy atom. The van der Waals surface area contributed by atoms with E-state index in [1.54, 1.807) is 36.4 Å². The number of ether oxygens (including phenoxy) is 1. The first-order chi connectivity index (χ1) is 14.9. The third kappa shape index (κ3) is 3.97. The average molecular weight is 426 g/mol. The van der Waals surface area contributed by atoms with Gasteiger partial charge in [-0.15, -0.1) is 0 Å². The maximum Gasteiger partial charge on any atom is 0.329 e. The number of methoxy groups -OCH3 is 1. The molecule has 1 N–H and O–H groups in total. The molecule has 8 heteroatoms. The summed E-state index contributed by atoms with van der Waals surface area (Å²) < 4.78 is 18.4. The van der Waals surface area contributed by atoms with Crippen LogP contribution in [0.2, 0.25) is 0 Å². The van der Waals surface area contributed by atoms with Gasteiger partial charge in [-0.2, -0.15) is 0 Å². The van der Waals surface area contributed by atoms with Crippen LogP contribution in [0.15, 0.2) is 53.7 Å². The molecule has 2 aliphatic heterocycles. The van der Waals surface area contributed by atoms with Gasteiger partial charge in [-0.05, 0) is 48.7 Å². The van der Waals surface area contributed by atoms with Crippen LogP contribution in [0.5, 0.6) is 5.75 Å². The lowest BCUT2D eigenvalue weighted by Crippen LogP contribution is -2.54. The molecule has 1 saturated heterocycles. The van der Waals surface area contributed by atoms with Crippen LogP contribution >= 0.6 is 0 Å². The van der Waals surface area contributed by atoms with Gasteiger partial charge in [-0.3, -0.25) is 4.79 Å². The Morgan fingerprint density at radius 2 is 2.06 bits per heavy atom. The highest BCUT2D eigenvalue weighted by Gasteiger charge is 2.52. The molecule has 2 aliphatic rings. The van der Waals surface area contributed by atoms with Crippen LogP contribution in [-0.2, 0) is 9.63 Å². The fourth-order valence-electron chi connectivity index (χ4n) is 4.34. The molecular weight excluding hydrogens is 403 g/mol. The number of amides is 1. The summed E-state index contributed by atoms with van der Waals surface area (Å²) in [6.45, 7) is 0.348. The number of benzene rings is 2. The fourth-order valence-corrected chi connectivity index (χ4v) is 4.34. The van der Waals surface area contributed by atoms with Gasteiger partial charge < -0.3 is 19.6 Å². The third-order valence-electron chi connectivity index (χ3n) is 5.92. The number of oxime groups is 1. The van der Waals surface area contributed by atoms with Crippen molar-refractivity contribution in [3.8, 4) is 5.75 Å². The van der Waals surface area contributed by atoms with E-state index in [-0.39, 0.29) is 18.1 Å². The summed E-state index contributed by atoms with van der Waals surface area (Å²) in [5.74, 6) is -1.22. The predicted octanol–water partition coefficient (Wildman–Crippen LogP) is 3.48. The van der Waals surface area contributed by atoms with Gasteiger partial charge in [0.1, 0.15) is 23.2 Å². The van der Waals surface area contributed by atoms with Crippen molar-refractivity contribution < 1.29 is 28.7 Å². The van der Waals surface area contributed by atoms with Gasteiger partial charge in [0.25, 0.3) is 5.91 Å². The van der Waals surface area contributed by atoms with Crippen LogP contribution in [0, 0.1) is 5.82 Å². The molecule has 0 unspecified atom stereocenters. The quantitative estimate of drug-likeness (QED) is 0.764. The first kappa shape index (κ1) is 20.8. The second-order valence-electron chi connectivity index (χ2n) is 7.81. The van der Waals surface area contributed by atoms with Gasteiger partial charge in [0, 0.05) is 24.9 Å². The second-order valence-corrected chi connectivity index (χ2v) is 7.81. The van der Waals surface area contributed by atoms with E-state index in [4.69, 9.17) is 9.57 Å². The summed E-state index contributed by atoms with van der Waals surface area (Å²) in [5, 5.41) is 14.2. The van der Waals surface area contributed by atoms with Crippen molar-refractivity contribution in [3.63, 3.8) is 0 Å². The zero-order chi connectivity index (χ0) is 22.0. The second kappa shape index (κ2) is 8.37. The molecule has 0 aromatic heterocycles. The highest BCUT2D eigenvalue weighted by Crippen LogP contribution is 2.38.